The zero-order valence-electron chi connectivity index (χ0n) is 9.98. The number of rotatable bonds is 4. The molecule has 0 aliphatic carbocycles. The van der Waals surface area contributed by atoms with Gasteiger partial charge in [-0.25, -0.2) is 0 Å². The quantitative estimate of drug-likeness (QED) is 0.844. The van der Waals surface area contributed by atoms with Crippen molar-refractivity contribution >= 4 is 11.4 Å². The van der Waals surface area contributed by atoms with E-state index in [-0.39, 0.29) is 0 Å². The Kier molecular flexibility index (Phi) is 3.73. The van der Waals surface area contributed by atoms with E-state index < -0.39 is 0 Å². The van der Waals surface area contributed by atoms with Crippen LogP contribution in [0.25, 0.3) is 0 Å². The minimum absolute atomic E-state index is 0.691. The first-order valence-electron chi connectivity index (χ1n) is 5.76. The number of nitrogens with one attached hydrogen (secondary N) is 1. The maximum Gasteiger partial charge on any atom is 0.0444 e. The van der Waals surface area contributed by atoms with E-state index in [1.807, 2.05) is 19.2 Å². The van der Waals surface area contributed by atoms with Crippen LogP contribution in [0.5, 0.6) is 0 Å². The molecule has 0 aliphatic heterocycles. The molecule has 0 bridgehead atoms. The molecular formula is C14H17N3. The van der Waals surface area contributed by atoms with Crippen LogP contribution in [-0.2, 0) is 6.42 Å². The molecule has 0 atom stereocenters. The van der Waals surface area contributed by atoms with Gasteiger partial charge in [0.05, 0.1) is 0 Å². The van der Waals surface area contributed by atoms with Crippen LogP contribution in [0.2, 0.25) is 0 Å². The number of anilines is 2. The van der Waals surface area contributed by atoms with Crippen LogP contribution in [0.4, 0.5) is 11.4 Å². The monoisotopic (exact) mass is 227 g/mol. The first-order chi connectivity index (χ1) is 8.29. The third-order valence-electron chi connectivity index (χ3n) is 2.69. The average Bonchev–Trinajstić information content (AvgIpc) is 2.35. The fraction of sp³-hybridized carbons (Fsp3) is 0.214. The summed E-state index contributed by atoms with van der Waals surface area (Å²) in [5.74, 6) is 0. The normalized spacial score (nSPS) is 10.2. The standard InChI is InChI=1S/C14H17N3/c1-11-10-16-9-7-14(11)17-13-4-2-12(3-5-13)6-8-15/h2-5,7,9-10H,6,8,15H2,1H3,(H,16,17). The summed E-state index contributed by atoms with van der Waals surface area (Å²) in [6.45, 7) is 2.73. The molecule has 1 aromatic heterocycles. The Bertz CT molecular complexity index is 477. The number of hydrogen-bond acceptors (Lipinski definition) is 3. The van der Waals surface area contributed by atoms with Gasteiger partial charge in [-0.2, -0.15) is 0 Å². The van der Waals surface area contributed by atoms with Crippen LogP contribution >= 0.6 is 0 Å². The van der Waals surface area contributed by atoms with E-state index >= 15 is 0 Å². The zero-order valence-corrected chi connectivity index (χ0v) is 9.98. The van der Waals surface area contributed by atoms with E-state index in [0.717, 1.165) is 23.4 Å². The zero-order chi connectivity index (χ0) is 12.1. The summed E-state index contributed by atoms with van der Waals surface area (Å²) in [4.78, 5) is 4.07. The highest BCUT2D eigenvalue weighted by molar-refractivity contribution is 5.62. The van der Waals surface area contributed by atoms with Crippen molar-refractivity contribution in [3.63, 3.8) is 0 Å². The van der Waals surface area contributed by atoms with Gasteiger partial charge in [0.25, 0.3) is 0 Å². The molecule has 0 saturated carbocycles. The van der Waals surface area contributed by atoms with Crippen LogP contribution < -0.4 is 11.1 Å². The van der Waals surface area contributed by atoms with Crippen LogP contribution in [-0.4, -0.2) is 11.5 Å². The number of pyridine rings is 1. The lowest BCUT2D eigenvalue weighted by atomic mass is 10.1. The van der Waals surface area contributed by atoms with E-state index in [4.69, 9.17) is 5.73 Å². The third-order valence-corrected chi connectivity index (χ3v) is 2.69. The predicted molar refractivity (Wildman–Crippen MR) is 71.5 cm³/mol. The predicted octanol–water partition coefficient (Wildman–Crippen LogP) is 2.63. The molecule has 1 aromatic carbocycles. The van der Waals surface area contributed by atoms with Gasteiger partial charge in [0.15, 0.2) is 0 Å². The van der Waals surface area contributed by atoms with Crippen LogP contribution in [0.15, 0.2) is 42.7 Å². The molecule has 3 heteroatoms. The van der Waals surface area contributed by atoms with Crippen molar-refractivity contribution in [1.82, 2.24) is 4.98 Å². The van der Waals surface area contributed by atoms with Gasteiger partial charge >= 0.3 is 0 Å². The molecule has 88 valence electrons. The van der Waals surface area contributed by atoms with Gasteiger partial charge in [-0.05, 0) is 49.2 Å². The molecular weight excluding hydrogens is 210 g/mol. The molecule has 3 N–H and O–H groups in total. The number of nitrogens with zero attached hydrogens (tertiary/aromatic N) is 1. The van der Waals surface area contributed by atoms with Gasteiger partial charge in [0.1, 0.15) is 0 Å². The van der Waals surface area contributed by atoms with Gasteiger partial charge in [-0.15, -0.1) is 0 Å². The molecule has 3 nitrogen and oxygen atoms in total. The van der Waals surface area contributed by atoms with Crippen molar-refractivity contribution < 1.29 is 0 Å². The Morgan fingerprint density at radius 2 is 1.94 bits per heavy atom. The lowest BCUT2D eigenvalue weighted by molar-refractivity contribution is 0.969. The largest absolute Gasteiger partial charge is 0.355 e. The van der Waals surface area contributed by atoms with Crippen LogP contribution in [0.3, 0.4) is 0 Å². The van der Waals surface area contributed by atoms with Crippen LogP contribution in [0.1, 0.15) is 11.1 Å². The van der Waals surface area contributed by atoms with Gasteiger partial charge in [0.2, 0.25) is 0 Å². The summed E-state index contributed by atoms with van der Waals surface area (Å²) < 4.78 is 0. The molecule has 17 heavy (non-hydrogen) atoms. The lowest BCUT2D eigenvalue weighted by Crippen LogP contribution is -2.02. The molecule has 2 aromatic rings. The molecule has 0 fully saturated rings. The fourth-order valence-corrected chi connectivity index (χ4v) is 1.69. The highest BCUT2D eigenvalue weighted by Crippen LogP contribution is 2.19. The summed E-state index contributed by atoms with van der Waals surface area (Å²) >= 11 is 0. The van der Waals surface area contributed by atoms with Crippen molar-refractivity contribution in [2.75, 3.05) is 11.9 Å². The van der Waals surface area contributed by atoms with Gasteiger partial charge in [-0.1, -0.05) is 12.1 Å². The SMILES string of the molecule is Cc1cnccc1Nc1ccc(CCN)cc1. The molecule has 0 spiro atoms. The van der Waals surface area contributed by atoms with Crippen molar-refractivity contribution in [2.24, 2.45) is 5.73 Å². The highest BCUT2D eigenvalue weighted by Gasteiger charge is 1.98. The van der Waals surface area contributed by atoms with E-state index in [1.54, 1.807) is 6.20 Å². The topological polar surface area (TPSA) is 50.9 Å². The molecule has 0 amide bonds. The van der Waals surface area contributed by atoms with E-state index in [9.17, 15) is 0 Å². The van der Waals surface area contributed by atoms with Gasteiger partial charge in [-0.3, -0.25) is 4.98 Å². The molecule has 0 radical (unpaired) electrons. The van der Waals surface area contributed by atoms with E-state index in [0.29, 0.717) is 6.54 Å². The molecule has 0 saturated heterocycles. The minimum atomic E-state index is 0.691. The number of benzene rings is 1. The maximum atomic E-state index is 5.52. The fourth-order valence-electron chi connectivity index (χ4n) is 1.69. The summed E-state index contributed by atoms with van der Waals surface area (Å²) in [5.41, 5.74) is 10.1. The van der Waals surface area contributed by atoms with E-state index in [1.165, 1.54) is 5.56 Å². The van der Waals surface area contributed by atoms with E-state index in [2.05, 4.69) is 34.6 Å². The smallest absolute Gasteiger partial charge is 0.0444 e. The third kappa shape index (κ3) is 3.04. The average molecular weight is 227 g/mol. The number of aryl methyl sites for hydroxylation is 1. The second kappa shape index (κ2) is 5.46. The van der Waals surface area contributed by atoms with Gasteiger partial charge < -0.3 is 11.1 Å². The molecule has 1 heterocycles. The Hall–Kier alpha value is -1.87. The number of nitrogens with two attached hydrogens (primary N) is 1. The van der Waals surface area contributed by atoms with Crippen molar-refractivity contribution in [3.05, 3.63) is 53.9 Å². The van der Waals surface area contributed by atoms with Crippen LogP contribution in [0, 0.1) is 6.92 Å². The molecule has 0 aliphatic rings. The Morgan fingerprint density at radius 1 is 1.18 bits per heavy atom. The summed E-state index contributed by atoms with van der Waals surface area (Å²) in [6.07, 6.45) is 4.57. The second-order valence-electron chi connectivity index (χ2n) is 4.05. The number of hydrogen-bond donors (Lipinski definition) is 2. The highest BCUT2D eigenvalue weighted by atomic mass is 14.9. The van der Waals surface area contributed by atoms with Gasteiger partial charge in [0, 0.05) is 23.8 Å². The second-order valence-corrected chi connectivity index (χ2v) is 4.05. The Balaban J connectivity index is 2.11. The maximum absolute atomic E-state index is 5.52. The summed E-state index contributed by atoms with van der Waals surface area (Å²) in [7, 11) is 0. The first kappa shape index (κ1) is 11.6. The van der Waals surface area contributed by atoms with Crippen molar-refractivity contribution in [2.45, 2.75) is 13.3 Å². The lowest BCUT2D eigenvalue weighted by Gasteiger charge is -2.09. The molecule has 0 unspecified atom stereocenters. The Labute approximate surface area is 102 Å². The summed E-state index contributed by atoms with van der Waals surface area (Å²) in [5, 5.41) is 3.37. The number of aromatic nitrogens is 1. The minimum Gasteiger partial charge on any atom is -0.355 e. The summed E-state index contributed by atoms with van der Waals surface area (Å²) in [6, 6.07) is 10.3. The Morgan fingerprint density at radius 3 is 2.59 bits per heavy atom. The van der Waals surface area contributed by atoms with Crippen molar-refractivity contribution in [1.29, 1.82) is 0 Å². The first-order valence-corrected chi connectivity index (χ1v) is 5.76. The molecule has 2 rings (SSSR count). The van der Waals surface area contributed by atoms with Crippen molar-refractivity contribution in [3.8, 4) is 0 Å².